The maximum absolute atomic E-state index is 13.4. The number of aryl methyl sites for hydroxylation is 1. The van der Waals surface area contributed by atoms with Crippen molar-refractivity contribution in [2.45, 2.75) is 6.92 Å². The fourth-order valence-corrected chi connectivity index (χ4v) is 2.06. The molecule has 0 aliphatic carbocycles. The summed E-state index contributed by atoms with van der Waals surface area (Å²) in [5.41, 5.74) is 1.15. The second-order valence-electron chi connectivity index (χ2n) is 5.53. The molecule has 0 N–H and O–H groups in total. The fraction of sp³-hybridized carbons (Fsp3) is 0.368. The van der Waals surface area contributed by atoms with E-state index in [-0.39, 0.29) is 32.5 Å². The van der Waals surface area contributed by atoms with Crippen LogP contribution in [0.2, 0.25) is 0 Å². The molecule has 4 nitrogen and oxygen atoms in total. The van der Waals surface area contributed by atoms with E-state index in [1.165, 1.54) is 0 Å². The normalized spacial score (nSPS) is 10.9. The van der Waals surface area contributed by atoms with Gasteiger partial charge in [-0.05, 0) is 19.1 Å². The monoisotopic (exact) mass is 388 g/mol. The molecule has 0 radical (unpaired) electrons. The van der Waals surface area contributed by atoms with Crippen LogP contribution in [0.4, 0.5) is 17.6 Å². The maximum atomic E-state index is 13.4. The first-order valence-corrected chi connectivity index (χ1v) is 8.29. The van der Waals surface area contributed by atoms with Crippen LogP contribution >= 0.6 is 0 Å². The summed E-state index contributed by atoms with van der Waals surface area (Å²) in [6.45, 7) is 2.95. The van der Waals surface area contributed by atoms with Crippen LogP contribution in [-0.4, -0.2) is 39.6 Å². The molecule has 0 aliphatic rings. The third-order valence-electron chi connectivity index (χ3n) is 3.43. The molecule has 0 saturated heterocycles. The van der Waals surface area contributed by atoms with Crippen LogP contribution in [0.15, 0.2) is 30.3 Å². The first-order chi connectivity index (χ1) is 13.0. The Morgan fingerprint density at radius 2 is 1.15 bits per heavy atom. The minimum Gasteiger partial charge on any atom is -0.491 e. The molecule has 0 aliphatic heterocycles. The largest absolute Gasteiger partial charge is 0.491 e. The van der Waals surface area contributed by atoms with Crippen molar-refractivity contribution in [3.63, 3.8) is 0 Å². The van der Waals surface area contributed by atoms with E-state index < -0.39 is 29.0 Å². The molecule has 0 spiro atoms. The van der Waals surface area contributed by atoms with Gasteiger partial charge in [-0.2, -0.15) is 8.78 Å². The predicted molar refractivity (Wildman–Crippen MR) is 90.1 cm³/mol. The van der Waals surface area contributed by atoms with Gasteiger partial charge in [-0.25, -0.2) is 8.78 Å². The summed E-state index contributed by atoms with van der Waals surface area (Å²) in [7, 11) is 0. The molecule has 0 saturated carbocycles. The Balaban J connectivity index is 1.52. The van der Waals surface area contributed by atoms with Gasteiger partial charge < -0.3 is 18.9 Å². The highest BCUT2D eigenvalue weighted by atomic mass is 19.2. The third kappa shape index (κ3) is 6.73. The quantitative estimate of drug-likeness (QED) is 0.331. The molecule has 2 rings (SSSR count). The molecule has 27 heavy (non-hydrogen) atoms. The summed E-state index contributed by atoms with van der Waals surface area (Å²) < 4.78 is 73.4. The lowest BCUT2D eigenvalue weighted by Crippen LogP contribution is -2.14. The second kappa shape index (κ2) is 10.7. The third-order valence-corrected chi connectivity index (χ3v) is 3.43. The summed E-state index contributed by atoms with van der Waals surface area (Å²) in [5.74, 6) is -6.54. The summed E-state index contributed by atoms with van der Waals surface area (Å²) in [4.78, 5) is 0. The molecule has 0 atom stereocenters. The Kier molecular flexibility index (Phi) is 8.35. The van der Waals surface area contributed by atoms with Crippen LogP contribution in [-0.2, 0) is 9.47 Å². The summed E-state index contributed by atoms with van der Waals surface area (Å²) in [6.07, 6.45) is 0. The van der Waals surface area contributed by atoms with Gasteiger partial charge in [0.2, 0.25) is 11.6 Å². The van der Waals surface area contributed by atoms with Crippen LogP contribution in [0.3, 0.4) is 0 Å². The van der Waals surface area contributed by atoms with Crippen molar-refractivity contribution in [1.29, 1.82) is 0 Å². The first-order valence-electron chi connectivity index (χ1n) is 8.29. The van der Waals surface area contributed by atoms with Crippen molar-refractivity contribution < 1.29 is 36.5 Å². The minimum atomic E-state index is -1.58. The van der Waals surface area contributed by atoms with Crippen molar-refractivity contribution in [3.05, 3.63) is 59.2 Å². The van der Waals surface area contributed by atoms with Gasteiger partial charge in [0, 0.05) is 6.07 Å². The van der Waals surface area contributed by atoms with Gasteiger partial charge in [-0.15, -0.1) is 0 Å². The van der Waals surface area contributed by atoms with Crippen LogP contribution in [0.5, 0.6) is 11.5 Å². The average Bonchev–Trinajstić information content (AvgIpc) is 2.65. The standard InChI is InChI=1S/C19H20F4O4/c1-13-2-4-14(5-3-13)26-10-8-24-6-7-25-9-11-27-19-17(22)15(20)12-16(21)18(19)23/h2-5,12H,6-11H2,1H3. The van der Waals surface area contributed by atoms with Gasteiger partial charge in [0.25, 0.3) is 0 Å². The predicted octanol–water partition coefficient (Wildman–Crippen LogP) is 4.04. The number of halogens is 4. The zero-order valence-corrected chi connectivity index (χ0v) is 14.8. The number of ether oxygens (including phenoxy) is 4. The van der Waals surface area contributed by atoms with E-state index in [0.29, 0.717) is 13.2 Å². The molecule has 148 valence electrons. The molecule has 0 fully saturated rings. The molecule has 2 aromatic carbocycles. The Morgan fingerprint density at radius 3 is 1.70 bits per heavy atom. The summed E-state index contributed by atoms with van der Waals surface area (Å²) >= 11 is 0. The average molecular weight is 388 g/mol. The molecule has 8 heteroatoms. The van der Waals surface area contributed by atoms with Crippen molar-refractivity contribution in [3.8, 4) is 11.5 Å². The zero-order chi connectivity index (χ0) is 19.6. The maximum Gasteiger partial charge on any atom is 0.203 e. The van der Waals surface area contributed by atoms with Gasteiger partial charge in [-0.3, -0.25) is 0 Å². The van der Waals surface area contributed by atoms with Crippen molar-refractivity contribution >= 4 is 0 Å². The Labute approximate surface area is 154 Å². The van der Waals surface area contributed by atoms with Crippen molar-refractivity contribution in [2.75, 3.05) is 39.6 Å². The molecule has 0 bridgehead atoms. The lowest BCUT2D eigenvalue weighted by atomic mass is 10.2. The molecular formula is C19H20F4O4. The molecule has 0 heterocycles. The van der Waals surface area contributed by atoms with Crippen molar-refractivity contribution in [1.82, 2.24) is 0 Å². The van der Waals surface area contributed by atoms with E-state index in [9.17, 15) is 17.6 Å². The van der Waals surface area contributed by atoms with Crippen molar-refractivity contribution in [2.24, 2.45) is 0 Å². The Bertz CT molecular complexity index is 696. The van der Waals surface area contributed by atoms with Crippen LogP contribution in [0.1, 0.15) is 5.56 Å². The van der Waals surface area contributed by atoms with Gasteiger partial charge >= 0.3 is 0 Å². The second-order valence-corrected chi connectivity index (χ2v) is 5.53. The lowest BCUT2D eigenvalue weighted by molar-refractivity contribution is 0.0265. The Morgan fingerprint density at radius 1 is 0.667 bits per heavy atom. The summed E-state index contributed by atoms with van der Waals surface area (Å²) in [6, 6.07) is 7.75. The van der Waals surface area contributed by atoms with E-state index in [2.05, 4.69) is 0 Å². The molecule has 2 aromatic rings. The van der Waals surface area contributed by atoms with Gasteiger partial charge in [-0.1, -0.05) is 17.7 Å². The molecular weight excluding hydrogens is 368 g/mol. The van der Waals surface area contributed by atoms with Gasteiger partial charge in [0.05, 0.1) is 26.4 Å². The van der Waals surface area contributed by atoms with E-state index in [0.717, 1.165) is 11.3 Å². The summed E-state index contributed by atoms with van der Waals surface area (Å²) in [5, 5.41) is 0. The smallest absolute Gasteiger partial charge is 0.203 e. The highest BCUT2D eigenvalue weighted by molar-refractivity contribution is 5.28. The number of rotatable bonds is 11. The van der Waals surface area contributed by atoms with E-state index in [1.807, 2.05) is 31.2 Å². The minimum absolute atomic E-state index is 0.0275. The van der Waals surface area contributed by atoms with Crippen LogP contribution < -0.4 is 9.47 Å². The van der Waals surface area contributed by atoms with Crippen LogP contribution in [0.25, 0.3) is 0 Å². The SMILES string of the molecule is Cc1ccc(OCCOCCOCCOc2c(F)c(F)cc(F)c2F)cc1. The molecule has 0 unspecified atom stereocenters. The highest BCUT2D eigenvalue weighted by Gasteiger charge is 2.20. The first kappa shape index (κ1) is 21.0. The van der Waals surface area contributed by atoms with E-state index in [1.54, 1.807) is 0 Å². The van der Waals surface area contributed by atoms with Gasteiger partial charge in [0.15, 0.2) is 17.4 Å². The van der Waals surface area contributed by atoms with Gasteiger partial charge in [0.1, 0.15) is 19.0 Å². The van der Waals surface area contributed by atoms with E-state index in [4.69, 9.17) is 18.9 Å². The topological polar surface area (TPSA) is 36.9 Å². The Hall–Kier alpha value is -2.32. The number of benzene rings is 2. The zero-order valence-electron chi connectivity index (χ0n) is 14.8. The lowest BCUT2D eigenvalue weighted by Gasteiger charge is -2.10. The fourth-order valence-electron chi connectivity index (χ4n) is 2.06. The molecule has 0 aromatic heterocycles. The highest BCUT2D eigenvalue weighted by Crippen LogP contribution is 2.26. The van der Waals surface area contributed by atoms with E-state index >= 15 is 0 Å². The number of hydrogen-bond donors (Lipinski definition) is 0. The number of hydrogen-bond acceptors (Lipinski definition) is 4. The molecule has 0 amide bonds. The van der Waals surface area contributed by atoms with Crippen LogP contribution in [0, 0.1) is 30.2 Å².